The molecule has 0 saturated carbocycles. The Kier molecular flexibility index (Phi) is 7.41. The van der Waals surface area contributed by atoms with E-state index in [-0.39, 0.29) is 5.91 Å². The van der Waals surface area contributed by atoms with Crippen LogP contribution in [0.4, 0.5) is 5.69 Å². The van der Waals surface area contributed by atoms with Gasteiger partial charge in [0.05, 0.1) is 23.5 Å². The van der Waals surface area contributed by atoms with Gasteiger partial charge >= 0.3 is 0 Å². The lowest BCUT2D eigenvalue weighted by Crippen LogP contribution is -2.11. The number of carbonyl (C=O) groups excluding carboxylic acids is 1. The molecule has 0 fully saturated rings. The summed E-state index contributed by atoms with van der Waals surface area (Å²) < 4.78 is 11.3. The normalized spacial score (nSPS) is 10.9. The number of benzene rings is 1. The van der Waals surface area contributed by atoms with Crippen molar-refractivity contribution >= 4 is 33.1 Å². The first-order valence-electron chi connectivity index (χ1n) is 10.0. The third-order valence-electron chi connectivity index (χ3n) is 4.56. The molecule has 0 spiro atoms. The van der Waals surface area contributed by atoms with Crippen molar-refractivity contribution in [2.45, 2.75) is 46.5 Å². The van der Waals surface area contributed by atoms with Crippen molar-refractivity contribution in [1.82, 2.24) is 9.97 Å². The van der Waals surface area contributed by atoms with Gasteiger partial charge < -0.3 is 14.8 Å². The highest BCUT2D eigenvalue weighted by molar-refractivity contribution is 7.20. The summed E-state index contributed by atoms with van der Waals surface area (Å²) in [6.07, 6.45) is 6.17. The van der Waals surface area contributed by atoms with Crippen molar-refractivity contribution in [1.29, 1.82) is 0 Å². The average molecular weight is 414 g/mol. The lowest BCUT2D eigenvalue weighted by atomic mass is 10.2. The molecule has 3 rings (SSSR count). The number of nitrogens with zero attached hydrogens (tertiary/aromatic N) is 2. The zero-order valence-corrected chi connectivity index (χ0v) is 18.0. The van der Waals surface area contributed by atoms with Gasteiger partial charge in [-0.1, -0.05) is 26.2 Å². The maximum Gasteiger partial charge on any atom is 0.266 e. The van der Waals surface area contributed by atoms with E-state index in [1.165, 1.54) is 36.9 Å². The Morgan fingerprint density at radius 3 is 2.59 bits per heavy atom. The third-order valence-corrected chi connectivity index (χ3v) is 5.76. The molecule has 154 valence electrons. The number of unbranched alkanes of at least 4 members (excludes halogenated alkanes) is 3. The highest BCUT2D eigenvalue weighted by Crippen LogP contribution is 2.34. The number of anilines is 1. The number of hydrogen-bond donors (Lipinski definition) is 1. The van der Waals surface area contributed by atoms with E-state index < -0.39 is 0 Å². The predicted molar refractivity (Wildman–Crippen MR) is 117 cm³/mol. The molecule has 0 aliphatic rings. The SMILES string of the molecule is CCCCCCOc1ccc(NC(=O)c2sc3ncnc(OCC)c3c2C)cc1. The lowest BCUT2D eigenvalue weighted by Gasteiger charge is -2.08. The molecule has 2 aromatic heterocycles. The van der Waals surface area contributed by atoms with Crippen LogP contribution >= 0.6 is 11.3 Å². The van der Waals surface area contributed by atoms with E-state index in [0.29, 0.717) is 17.4 Å². The number of amides is 1. The second kappa shape index (κ2) is 10.2. The molecule has 0 aliphatic carbocycles. The molecular weight excluding hydrogens is 386 g/mol. The second-order valence-corrected chi connectivity index (χ2v) is 7.73. The monoisotopic (exact) mass is 413 g/mol. The second-order valence-electron chi connectivity index (χ2n) is 6.74. The molecule has 1 N–H and O–H groups in total. The fourth-order valence-electron chi connectivity index (χ4n) is 3.04. The molecule has 0 bridgehead atoms. The molecule has 2 heterocycles. The van der Waals surface area contributed by atoms with E-state index in [9.17, 15) is 4.79 Å². The first kappa shape index (κ1) is 21.0. The number of aromatic nitrogens is 2. The number of carbonyl (C=O) groups is 1. The molecular formula is C22H27N3O3S. The summed E-state index contributed by atoms with van der Waals surface area (Å²) in [6, 6.07) is 7.47. The van der Waals surface area contributed by atoms with Crippen molar-refractivity contribution in [3.63, 3.8) is 0 Å². The summed E-state index contributed by atoms with van der Waals surface area (Å²) >= 11 is 1.34. The standard InChI is InChI=1S/C22H27N3O3S/c1-4-6-7-8-13-28-17-11-9-16(10-12-17)25-20(26)19-15(3)18-21(27-5-2)23-14-24-22(18)29-19/h9-12,14H,4-8,13H2,1-3H3,(H,25,26). The molecule has 6 nitrogen and oxygen atoms in total. The van der Waals surface area contributed by atoms with Gasteiger partial charge in [0.1, 0.15) is 16.9 Å². The summed E-state index contributed by atoms with van der Waals surface area (Å²) in [5, 5.41) is 3.75. The maximum atomic E-state index is 12.8. The van der Waals surface area contributed by atoms with Crippen molar-refractivity contribution in [3.8, 4) is 11.6 Å². The predicted octanol–water partition coefficient (Wildman–Crippen LogP) is 5.61. The van der Waals surface area contributed by atoms with Crippen LogP contribution in [0.2, 0.25) is 0 Å². The largest absolute Gasteiger partial charge is 0.494 e. The molecule has 7 heteroatoms. The van der Waals surface area contributed by atoms with E-state index in [4.69, 9.17) is 9.47 Å². The minimum Gasteiger partial charge on any atom is -0.494 e. The Balaban J connectivity index is 1.66. The Morgan fingerprint density at radius 2 is 1.86 bits per heavy atom. The molecule has 29 heavy (non-hydrogen) atoms. The summed E-state index contributed by atoms with van der Waals surface area (Å²) in [4.78, 5) is 22.6. The van der Waals surface area contributed by atoms with Gasteiger partial charge in [0.25, 0.3) is 5.91 Å². The molecule has 0 radical (unpaired) electrons. The van der Waals surface area contributed by atoms with E-state index >= 15 is 0 Å². The lowest BCUT2D eigenvalue weighted by molar-refractivity contribution is 0.103. The van der Waals surface area contributed by atoms with Gasteiger partial charge in [-0.05, 0) is 50.1 Å². The Morgan fingerprint density at radius 1 is 1.07 bits per heavy atom. The fourth-order valence-corrected chi connectivity index (χ4v) is 4.08. The topological polar surface area (TPSA) is 73.3 Å². The Hall–Kier alpha value is -2.67. The van der Waals surface area contributed by atoms with Gasteiger partial charge in [0.15, 0.2) is 0 Å². The van der Waals surface area contributed by atoms with Gasteiger partial charge in [0.2, 0.25) is 5.88 Å². The molecule has 0 saturated heterocycles. The van der Waals surface area contributed by atoms with Crippen LogP contribution < -0.4 is 14.8 Å². The van der Waals surface area contributed by atoms with Gasteiger partial charge in [-0.25, -0.2) is 9.97 Å². The number of nitrogens with one attached hydrogen (secondary N) is 1. The van der Waals surface area contributed by atoms with Crippen molar-refractivity contribution in [2.24, 2.45) is 0 Å². The first-order chi connectivity index (χ1) is 14.1. The summed E-state index contributed by atoms with van der Waals surface area (Å²) in [6.45, 7) is 7.22. The third kappa shape index (κ3) is 5.23. The van der Waals surface area contributed by atoms with Gasteiger partial charge in [-0.3, -0.25) is 4.79 Å². The smallest absolute Gasteiger partial charge is 0.266 e. The summed E-state index contributed by atoms with van der Waals surface area (Å²) in [5.74, 6) is 1.17. The highest BCUT2D eigenvalue weighted by atomic mass is 32.1. The van der Waals surface area contributed by atoms with Crippen LogP contribution in [0.15, 0.2) is 30.6 Å². The quantitative estimate of drug-likeness (QED) is 0.437. The van der Waals surface area contributed by atoms with Crippen LogP contribution in [0.1, 0.15) is 54.8 Å². The van der Waals surface area contributed by atoms with Crippen molar-refractivity contribution in [2.75, 3.05) is 18.5 Å². The minimum atomic E-state index is -0.166. The van der Waals surface area contributed by atoms with Crippen LogP contribution in [0, 0.1) is 6.92 Å². The number of ether oxygens (including phenoxy) is 2. The molecule has 1 amide bonds. The van der Waals surface area contributed by atoms with Crippen LogP contribution in [0.5, 0.6) is 11.6 Å². The van der Waals surface area contributed by atoms with Crippen LogP contribution in [0.3, 0.4) is 0 Å². The highest BCUT2D eigenvalue weighted by Gasteiger charge is 2.20. The van der Waals surface area contributed by atoms with Crippen LogP contribution in [-0.2, 0) is 0 Å². The summed E-state index contributed by atoms with van der Waals surface area (Å²) in [5.41, 5.74) is 1.56. The van der Waals surface area contributed by atoms with Crippen molar-refractivity contribution in [3.05, 3.63) is 41.0 Å². The molecule has 3 aromatic rings. The van der Waals surface area contributed by atoms with E-state index in [1.807, 2.05) is 38.1 Å². The van der Waals surface area contributed by atoms with Gasteiger partial charge in [-0.15, -0.1) is 11.3 Å². The van der Waals surface area contributed by atoms with E-state index in [1.54, 1.807) is 0 Å². The molecule has 0 unspecified atom stereocenters. The van der Waals surface area contributed by atoms with E-state index in [2.05, 4.69) is 22.2 Å². The summed E-state index contributed by atoms with van der Waals surface area (Å²) in [7, 11) is 0. The zero-order chi connectivity index (χ0) is 20.6. The average Bonchev–Trinajstić information content (AvgIpc) is 3.07. The number of thiophene rings is 1. The zero-order valence-electron chi connectivity index (χ0n) is 17.2. The number of aryl methyl sites for hydroxylation is 1. The van der Waals surface area contributed by atoms with Gasteiger partial charge in [0, 0.05) is 5.69 Å². The Labute approximate surface area is 175 Å². The number of fused-ring (bicyclic) bond motifs is 1. The molecule has 0 atom stereocenters. The minimum absolute atomic E-state index is 0.166. The molecule has 0 aliphatic heterocycles. The molecule has 1 aromatic carbocycles. The number of rotatable bonds is 10. The first-order valence-corrected chi connectivity index (χ1v) is 10.9. The van der Waals surface area contributed by atoms with Crippen molar-refractivity contribution < 1.29 is 14.3 Å². The maximum absolute atomic E-state index is 12.8. The fraction of sp³-hybridized carbons (Fsp3) is 0.409. The van der Waals surface area contributed by atoms with Crippen LogP contribution in [-0.4, -0.2) is 29.1 Å². The Bertz CT molecular complexity index is 954. The van der Waals surface area contributed by atoms with Crippen LogP contribution in [0.25, 0.3) is 10.2 Å². The van der Waals surface area contributed by atoms with E-state index in [0.717, 1.165) is 40.2 Å². The number of hydrogen-bond acceptors (Lipinski definition) is 6. The van der Waals surface area contributed by atoms with Gasteiger partial charge in [-0.2, -0.15) is 0 Å².